The van der Waals surface area contributed by atoms with Gasteiger partial charge in [-0.05, 0) is 37.3 Å². The highest BCUT2D eigenvalue weighted by atomic mass is 16.6. The summed E-state index contributed by atoms with van der Waals surface area (Å²) in [6.07, 6.45) is 3.11. The minimum Gasteiger partial charge on any atom is -0.379 e. The number of hydrogen-bond donors (Lipinski definition) is 2. The quantitative estimate of drug-likeness (QED) is 0.592. The lowest BCUT2D eigenvalue weighted by Gasteiger charge is -2.09. The fourth-order valence-electron chi connectivity index (χ4n) is 1.98. The van der Waals surface area contributed by atoms with Gasteiger partial charge >= 0.3 is 5.69 Å². The highest BCUT2D eigenvalue weighted by molar-refractivity contribution is 6.00. The van der Waals surface area contributed by atoms with Gasteiger partial charge in [-0.15, -0.1) is 0 Å². The molecule has 20 heavy (non-hydrogen) atoms. The molecule has 1 aromatic carbocycles. The first-order chi connectivity index (χ1) is 9.63. The number of nitro benzene ring substituents is 1. The third-order valence-corrected chi connectivity index (χ3v) is 3.28. The van der Waals surface area contributed by atoms with Gasteiger partial charge in [0.25, 0.3) is 5.91 Å². The van der Waals surface area contributed by atoms with Gasteiger partial charge in [-0.1, -0.05) is 13.0 Å². The monoisotopic (exact) mass is 277 g/mol. The molecule has 1 aromatic rings. The maximum atomic E-state index is 12.1. The number of rotatable bonds is 7. The molecule has 1 aliphatic carbocycles. The molecule has 2 rings (SSSR count). The Balaban J connectivity index is 2.20. The molecule has 0 bridgehead atoms. The normalized spacial score (nSPS) is 13.8. The molecule has 1 amide bonds. The molecule has 1 saturated carbocycles. The molecule has 0 radical (unpaired) electrons. The van der Waals surface area contributed by atoms with Crippen molar-refractivity contribution in [3.05, 3.63) is 33.9 Å². The SMILES string of the molecule is CCCNc1cccc(C(=O)NCC2CC2)c1[N+](=O)[O-]. The summed E-state index contributed by atoms with van der Waals surface area (Å²) in [5.74, 6) is 0.170. The van der Waals surface area contributed by atoms with Crippen LogP contribution in [0, 0.1) is 16.0 Å². The van der Waals surface area contributed by atoms with Gasteiger partial charge in [0, 0.05) is 13.1 Å². The van der Waals surface area contributed by atoms with E-state index in [1.54, 1.807) is 12.1 Å². The van der Waals surface area contributed by atoms with Crippen molar-refractivity contribution in [2.24, 2.45) is 5.92 Å². The van der Waals surface area contributed by atoms with Crippen LogP contribution in [0.25, 0.3) is 0 Å². The van der Waals surface area contributed by atoms with E-state index in [2.05, 4.69) is 10.6 Å². The third-order valence-electron chi connectivity index (χ3n) is 3.28. The number of carbonyl (C=O) groups excluding carboxylic acids is 1. The Labute approximate surface area is 117 Å². The second kappa shape index (κ2) is 6.36. The van der Waals surface area contributed by atoms with Crippen molar-refractivity contribution in [1.82, 2.24) is 5.32 Å². The molecule has 2 N–H and O–H groups in total. The lowest BCUT2D eigenvalue weighted by Crippen LogP contribution is -2.26. The van der Waals surface area contributed by atoms with E-state index in [0.29, 0.717) is 24.7 Å². The van der Waals surface area contributed by atoms with Crippen LogP contribution in [0.5, 0.6) is 0 Å². The predicted octanol–water partition coefficient (Wildman–Crippen LogP) is 2.56. The van der Waals surface area contributed by atoms with E-state index < -0.39 is 4.92 Å². The first-order valence-electron chi connectivity index (χ1n) is 6.93. The number of para-hydroxylation sites is 1. The zero-order valence-corrected chi connectivity index (χ0v) is 11.5. The Kier molecular flexibility index (Phi) is 4.55. The summed E-state index contributed by atoms with van der Waals surface area (Å²) in [4.78, 5) is 22.8. The smallest absolute Gasteiger partial charge is 0.305 e. The first kappa shape index (κ1) is 14.3. The summed E-state index contributed by atoms with van der Waals surface area (Å²) in [5, 5.41) is 17.0. The number of hydrogen-bond acceptors (Lipinski definition) is 4. The molecular weight excluding hydrogens is 258 g/mol. The minimum absolute atomic E-state index is 0.122. The Morgan fingerprint density at radius 2 is 2.20 bits per heavy atom. The van der Waals surface area contributed by atoms with Gasteiger partial charge in [0.2, 0.25) is 0 Å². The number of nitro groups is 1. The van der Waals surface area contributed by atoms with E-state index in [-0.39, 0.29) is 17.2 Å². The minimum atomic E-state index is -0.496. The average molecular weight is 277 g/mol. The van der Waals surface area contributed by atoms with Gasteiger partial charge in [-0.25, -0.2) is 0 Å². The van der Waals surface area contributed by atoms with Gasteiger partial charge in [-0.3, -0.25) is 14.9 Å². The van der Waals surface area contributed by atoms with E-state index >= 15 is 0 Å². The largest absolute Gasteiger partial charge is 0.379 e. The van der Waals surface area contributed by atoms with Crippen molar-refractivity contribution in [1.29, 1.82) is 0 Å². The molecule has 0 aliphatic heterocycles. The van der Waals surface area contributed by atoms with Crippen LogP contribution in [0.3, 0.4) is 0 Å². The van der Waals surface area contributed by atoms with Crippen molar-refractivity contribution < 1.29 is 9.72 Å². The zero-order chi connectivity index (χ0) is 14.5. The van der Waals surface area contributed by atoms with Crippen molar-refractivity contribution in [2.45, 2.75) is 26.2 Å². The Hall–Kier alpha value is -2.11. The summed E-state index contributed by atoms with van der Waals surface area (Å²) in [7, 11) is 0. The fourth-order valence-corrected chi connectivity index (χ4v) is 1.98. The molecule has 0 saturated heterocycles. The van der Waals surface area contributed by atoms with Crippen LogP contribution >= 0.6 is 0 Å². The Morgan fingerprint density at radius 3 is 2.80 bits per heavy atom. The van der Waals surface area contributed by atoms with Gasteiger partial charge in [-0.2, -0.15) is 0 Å². The van der Waals surface area contributed by atoms with Crippen molar-refractivity contribution in [3.63, 3.8) is 0 Å². The number of carbonyl (C=O) groups is 1. The highest BCUT2D eigenvalue weighted by Gasteiger charge is 2.26. The molecule has 1 aliphatic rings. The highest BCUT2D eigenvalue weighted by Crippen LogP contribution is 2.30. The average Bonchev–Trinajstić information content (AvgIpc) is 3.26. The molecule has 0 unspecified atom stereocenters. The molecule has 0 heterocycles. The first-order valence-corrected chi connectivity index (χ1v) is 6.93. The zero-order valence-electron chi connectivity index (χ0n) is 11.5. The number of nitrogens with one attached hydrogen (secondary N) is 2. The second-order valence-corrected chi connectivity index (χ2v) is 5.04. The second-order valence-electron chi connectivity index (χ2n) is 5.04. The standard InChI is InChI=1S/C14H19N3O3/c1-2-8-15-12-5-3-4-11(13(12)17(19)20)14(18)16-9-10-6-7-10/h3-5,10,15H,2,6-9H2,1H3,(H,16,18). The van der Waals surface area contributed by atoms with E-state index in [1.807, 2.05) is 6.92 Å². The molecule has 108 valence electrons. The van der Waals surface area contributed by atoms with E-state index in [4.69, 9.17) is 0 Å². The van der Waals surface area contributed by atoms with Gasteiger partial charge < -0.3 is 10.6 Å². The van der Waals surface area contributed by atoms with Crippen LogP contribution in [0.15, 0.2) is 18.2 Å². The van der Waals surface area contributed by atoms with E-state index in [1.165, 1.54) is 6.07 Å². The van der Waals surface area contributed by atoms with E-state index in [0.717, 1.165) is 19.3 Å². The van der Waals surface area contributed by atoms with Gasteiger partial charge in [0.05, 0.1) is 4.92 Å². The molecular formula is C14H19N3O3. The lowest BCUT2D eigenvalue weighted by molar-refractivity contribution is -0.384. The number of nitrogens with zero attached hydrogens (tertiary/aromatic N) is 1. The molecule has 0 atom stereocenters. The summed E-state index contributed by atoms with van der Waals surface area (Å²) in [6.45, 7) is 3.21. The summed E-state index contributed by atoms with van der Waals surface area (Å²) in [5.41, 5.74) is 0.377. The third kappa shape index (κ3) is 3.46. The number of anilines is 1. The van der Waals surface area contributed by atoms with Crippen molar-refractivity contribution in [3.8, 4) is 0 Å². The topological polar surface area (TPSA) is 84.3 Å². The van der Waals surface area contributed by atoms with Crippen molar-refractivity contribution in [2.75, 3.05) is 18.4 Å². The van der Waals surface area contributed by atoms with E-state index in [9.17, 15) is 14.9 Å². The Bertz CT molecular complexity index is 512. The summed E-state index contributed by atoms with van der Waals surface area (Å²) in [6, 6.07) is 4.79. The number of amides is 1. The molecule has 0 aromatic heterocycles. The van der Waals surface area contributed by atoms with Gasteiger partial charge in [0.15, 0.2) is 0 Å². The van der Waals surface area contributed by atoms with Crippen LogP contribution in [0.4, 0.5) is 11.4 Å². The molecule has 6 nitrogen and oxygen atoms in total. The fraction of sp³-hybridized carbons (Fsp3) is 0.500. The maximum absolute atomic E-state index is 12.1. The van der Waals surface area contributed by atoms with Crippen LogP contribution in [0.2, 0.25) is 0 Å². The van der Waals surface area contributed by atoms with Crippen LogP contribution in [0.1, 0.15) is 36.5 Å². The van der Waals surface area contributed by atoms with Crippen LogP contribution in [-0.2, 0) is 0 Å². The van der Waals surface area contributed by atoms with Crippen LogP contribution in [-0.4, -0.2) is 23.9 Å². The summed E-state index contributed by atoms with van der Waals surface area (Å²) < 4.78 is 0. The van der Waals surface area contributed by atoms with Gasteiger partial charge in [0.1, 0.15) is 11.3 Å². The predicted molar refractivity (Wildman–Crippen MR) is 76.9 cm³/mol. The maximum Gasteiger partial charge on any atom is 0.305 e. The molecule has 0 spiro atoms. The lowest BCUT2D eigenvalue weighted by atomic mass is 10.1. The molecule has 6 heteroatoms. The molecule has 1 fully saturated rings. The Morgan fingerprint density at radius 1 is 1.45 bits per heavy atom. The number of benzene rings is 1. The van der Waals surface area contributed by atoms with Crippen LogP contribution < -0.4 is 10.6 Å². The van der Waals surface area contributed by atoms with Crippen molar-refractivity contribution >= 4 is 17.3 Å². The summed E-state index contributed by atoms with van der Waals surface area (Å²) >= 11 is 0.